The van der Waals surface area contributed by atoms with Gasteiger partial charge in [-0.15, -0.1) is 0 Å². The van der Waals surface area contributed by atoms with Crippen LogP contribution in [-0.2, 0) is 20.7 Å². The number of H-pyrrole nitrogens is 1. The molecule has 1 aliphatic rings. The zero-order chi connectivity index (χ0) is 38.9. The third kappa shape index (κ3) is 10.6. The van der Waals surface area contributed by atoms with Gasteiger partial charge in [0.2, 0.25) is 0 Å². The van der Waals surface area contributed by atoms with Crippen molar-refractivity contribution >= 4 is 39.9 Å². The van der Waals surface area contributed by atoms with Crippen LogP contribution in [0.3, 0.4) is 0 Å². The van der Waals surface area contributed by atoms with Gasteiger partial charge in [-0.1, -0.05) is 43.3 Å². The highest BCUT2D eigenvalue weighted by atomic mass is 19.4. The number of nitrogens with two attached hydrogens (primary N) is 1. The van der Waals surface area contributed by atoms with Crippen molar-refractivity contribution < 1.29 is 55.3 Å². The van der Waals surface area contributed by atoms with Gasteiger partial charge < -0.3 is 35.9 Å². The van der Waals surface area contributed by atoms with Crippen LogP contribution in [0.25, 0.3) is 22.0 Å². The molecule has 11 nitrogen and oxygen atoms in total. The second-order valence-electron chi connectivity index (χ2n) is 11.3. The molecule has 6 N–H and O–H groups in total. The molecule has 2 aromatic heterocycles. The van der Waals surface area contributed by atoms with Gasteiger partial charge in [-0.3, -0.25) is 0 Å². The van der Waals surface area contributed by atoms with E-state index >= 15 is 4.39 Å². The number of aromatic nitrogens is 3. The number of nitrogens with zero attached hydrogens (tertiary/aromatic N) is 3. The van der Waals surface area contributed by atoms with E-state index in [9.17, 15) is 26.3 Å². The van der Waals surface area contributed by atoms with Crippen LogP contribution in [0.5, 0.6) is 0 Å². The van der Waals surface area contributed by atoms with Crippen molar-refractivity contribution in [2.24, 2.45) is 0 Å². The van der Waals surface area contributed by atoms with Crippen LogP contribution in [0, 0.1) is 5.82 Å². The van der Waals surface area contributed by atoms with Crippen LogP contribution >= 0.6 is 0 Å². The van der Waals surface area contributed by atoms with Gasteiger partial charge in [-0.05, 0) is 53.3 Å². The third-order valence-electron chi connectivity index (χ3n) is 7.76. The van der Waals surface area contributed by atoms with E-state index in [1.165, 1.54) is 0 Å². The quantitative estimate of drug-likeness (QED) is 0.107. The van der Waals surface area contributed by atoms with Crippen LogP contribution in [-0.4, -0.2) is 75.8 Å². The fourth-order valence-corrected chi connectivity index (χ4v) is 5.14. The maximum atomic E-state index is 16.5. The number of anilines is 3. The van der Waals surface area contributed by atoms with Crippen molar-refractivity contribution in [3.63, 3.8) is 0 Å². The van der Waals surface area contributed by atoms with E-state index < -0.39 is 30.3 Å². The first kappa shape index (κ1) is 39.9. The van der Waals surface area contributed by atoms with Crippen molar-refractivity contribution in [1.82, 2.24) is 15.0 Å². The average Bonchev–Trinajstić information content (AvgIpc) is 3.62. The number of aromatic amines is 1. The summed E-state index contributed by atoms with van der Waals surface area (Å²) in [7, 11) is 0. The summed E-state index contributed by atoms with van der Waals surface area (Å²) in [4.78, 5) is 32.2. The number of ether oxygens (including phenoxy) is 1. The molecule has 53 heavy (non-hydrogen) atoms. The van der Waals surface area contributed by atoms with E-state index in [0.29, 0.717) is 49.2 Å². The minimum absolute atomic E-state index is 0.251. The van der Waals surface area contributed by atoms with Gasteiger partial charge in [0.05, 0.1) is 30.8 Å². The fourth-order valence-electron chi connectivity index (χ4n) is 5.14. The van der Waals surface area contributed by atoms with Crippen molar-refractivity contribution in [3.8, 4) is 11.3 Å². The first-order valence-corrected chi connectivity index (χ1v) is 15.8. The molecule has 1 fully saturated rings. The molecule has 0 radical (unpaired) electrons. The maximum Gasteiger partial charge on any atom is 0.490 e. The molecule has 1 aliphatic heterocycles. The number of fused-ring (bicyclic) bond motifs is 1. The summed E-state index contributed by atoms with van der Waals surface area (Å²) in [5, 5.41) is 19.6. The number of hydrogen-bond acceptors (Lipinski definition) is 8. The van der Waals surface area contributed by atoms with Gasteiger partial charge in [0.15, 0.2) is 5.82 Å². The number of nitrogen functional groups attached to an aromatic ring is 1. The Balaban J connectivity index is 0.000000381. The number of pyridine rings is 1. The lowest BCUT2D eigenvalue weighted by atomic mass is 9.98. The van der Waals surface area contributed by atoms with Crippen molar-refractivity contribution in [2.75, 3.05) is 42.3 Å². The molecule has 0 spiro atoms. The Hall–Kier alpha value is -5.91. The number of aliphatic carboxylic acids is 2. The summed E-state index contributed by atoms with van der Waals surface area (Å²) in [6.45, 7) is 4.56. The molecule has 1 saturated heterocycles. The molecule has 0 aliphatic carbocycles. The molecule has 282 valence electrons. The molecule has 0 amide bonds. The number of halogens is 7. The van der Waals surface area contributed by atoms with E-state index in [0.717, 1.165) is 39.7 Å². The van der Waals surface area contributed by atoms with Gasteiger partial charge in [-0.2, -0.15) is 26.3 Å². The number of carboxylic acid groups (broad SMARTS) is 2. The van der Waals surface area contributed by atoms with Crippen LogP contribution < -0.4 is 16.0 Å². The second kappa shape index (κ2) is 17.1. The van der Waals surface area contributed by atoms with Crippen molar-refractivity contribution in [3.05, 3.63) is 102 Å². The number of carbonyl (C=O) groups is 2. The number of alkyl halides is 6. The van der Waals surface area contributed by atoms with E-state index in [4.69, 9.17) is 35.3 Å². The highest BCUT2D eigenvalue weighted by Crippen LogP contribution is 2.35. The van der Waals surface area contributed by atoms with E-state index in [2.05, 4.69) is 27.1 Å². The highest BCUT2D eigenvalue weighted by molar-refractivity contribution is 5.93. The average molecular weight is 751 g/mol. The maximum absolute atomic E-state index is 16.5. The Morgan fingerprint density at radius 2 is 1.57 bits per heavy atom. The molecule has 5 aromatic rings. The number of hydrogen-bond donors (Lipinski definition) is 5. The topological polar surface area (TPSA) is 167 Å². The summed E-state index contributed by atoms with van der Waals surface area (Å²) in [5.74, 6) is -4.66. The Morgan fingerprint density at radius 1 is 0.943 bits per heavy atom. The van der Waals surface area contributed by atoms with Crippen LogP contribution in [0.2, 0.25) is 0 Å². The summed E-state index contributed by atoms with van der Waals surface area (Å²) in [6, 6.07) is 21.2. The first-order valence-electron chi connectivity index (χ1n) is 15.8. The summed E-state index contributed by atoms with van der Waals surface area (Å²) < 4.78 is 85.5. The predicted molar refractivity (Wildman–Crippen MR) is 182 cm³/mol. The smallest absolute Gasteiger partial charge is 0.475 e. The minimum atomic E-state index is -5.08. The van der Waals surface area contributed by atoms with Gasteiger partial charge in [0.25, 0.3) is 0 Å². The predicted octanol–water partition coefficient (Wildman–Crippen LogP) is 7.21. The monoisotopic (exact) mass is 750 g/mol. The molecule has 1 unspecified atom stereocenters. The molecule has 3 aromatic carbocycles. The molecule has 0 saturated carbocycles. The van der Waals surface area contributed by atoms with E-state index in [1.54, 1.807) is 12.4 Å². The molecular formula is C35H33F7N6O5. The molecule has 18 heteroatoms. The zero-order valence-electron chi connectivity index (χ0n) is 27.8. The second-order valence-corrected chi connectivity index (χ2v) is 11.3. The zero-order valence-corrected chi connectivity index (χ0v) is 27.8. The number of carboxylic acids is 2. The SMILES string of the molecule is CCc1cc(C(Nc2ccc3c(N)nccc3c2)c2ncc(-c3ccccc3)[nH]2)c(F)c(N2CCOCC2)c1.O=C(O)C(F)(F)F.O=C(O)C(F)(F)F. The van der Waals surface area contributed by atoms with Crippen molar-refractivity contribution in [2.45, 2.75) is 31.7 Å². The largest absolute Gasteiger partial charge is 0.490 e. The van der Waals surface area contributed by atoms with Crippen LogP contribution in [0.15, 0.2) is 79.1 Å². The number of benzene rings is 3. The Morgan fingerprint density at radius 3 is 2.15 bits per heavy atom. The lowest BCUT2D eigenvalue weighted by Gasteiger charge is -2.31. The van der Waals surface area contributed by atoms with Crippen LogP contribution in [0.1, 0.15) is 29.9 Å². The molecule has 3 heterocycles. The summed E-state index contributed by atoms with van der Waals surface area (Å²) in [5.41, 5.74) is 11.0. The minimum Gasteiger partial charge on any atom is -0.475 e. The number of imidazole rings is 1. The number of nitrogens with one attached hydrogen (secondary N) is 2. The third-order valence-corrected chi connectivity index (χ3v) is 7.76. The van der Waals surface area contributed by atoms with Crippen molar-refractivity contribution in [1.29, 1.82) is 0 Å². The number of rotatable bonds is 7. The van der Waals surface area contributed by atoms with Gasteiger partial charge >= 0.3 is 24.3 Å². The van der Waals surface area contributed by atoms with E-state index in [-0.39, 0.29) is 5.82 Å². The normalized spacial score (nSPS) is 13.6. The van der Waals surface area contributed by atoms with Gasteiger partial charge in [0.1, 0.15) is 17.7 Å². The summed E-state index contributed by atoms with van der Waals surface area (Å²) >= 11 is 0. The Kier molecular flexibility index (Phi) is 12.8. The Labute approximate surface area is 297 Å². The molecular weight excluding hydrogens is 717 g/mol. The lowest BCUT2D eigenvalue weighted by molar-refractivity contribution is -0.193. The highest BCUT2D eigenvalue weighted by Gasteiger charge is 2.39. The molecule has 1 atom stereocenters. The first-order chi connectivity index (χ1) is 25.0. The Bertz CT molecular complexity index is 1990. The van der Waals surface area contributed by atoms with E-state index in [1.807, 2.05) is 66.7 Å². The van der Waals surface area contributed by atoms with Gasteiger partial charge in [-0.25, -0.2) is 23.9 Å². The van der Waals surface area contributed by atoms with Gasteiger partial charge in [0, 0.05) is 35.9 Å². The molecule has 6 rings (SSSR count). The number of aryl methyl sites for hydroxylation is 1. The standard InChI is InChI=1S/C31H31FN6O.2C2HF3O2/c1-2-20-16-25(28(32)27(17-20)38-12-14-39-15-13-38)29(31-35-19-26(37-31)21-6-4-3-5-7-21)36-23-8-9-24-22(18-23)10-11-34-30(24)33;2*3-2(4,5)1(6)7/h3-11,16-19,29,36H,2,12-15H2,1H3,(H2,33,34)(H,35,37);2*(H,6,7). The number of morpholine rings is 1. The molecule has 0 bridgehead atoms. The lowest BCUT2D eigenvalue weighted by Crippen LogP contribution is -2.37. The fraction of sp³-hybridized carbons (Fsp3) is 0.257. The van der Waals surface area contributed by atoms with Crippen LogP contribution in [0.4, 0.5) is 47.9 Å². The summed E-state index contributed by atoms with van der Waals surface area (Å²) in [6.07, 6.45) is -5.89.